The SMILES string of the molecule is CO[C@H]1CC2=CC(=O)O[C@@]23C[C@@H]1N1CCCCC13. The zero-order valence-electron chi connectivity index (χ0n) is 10.7. The van der Waals surface area contributed by atoms with E-state index < -0.39 is 0 Å². The van der Waals surface area contributed by atoms with Crippen molar-refractivity contribution in [3.63, 3.8) is 0 Å². The summed E-state index contributed by atoms with van der Waals surface area (Å²) in [6, 6.07) is 0.831. The second kappa shape index (κ2) is 3.58. The average molecular weight is 249 g/mol. The number of methoxy groups -OCH3 is 1. The Labute approximate surface area is 107 Å². The molecule has 2 saturated heterocycles. The van der Waals surface area contributed by atoms with Gasteiger partial charge in [-0.25, -0.2) is 4.79 Å². The molecule has 18 heavy (non-hydrogen) atoms. The fraction of sp³-hybridized carbons (Fsp3) is 0.786. The molecule has 4 nitrogen and oxygen atoms in total. The molecule has 4 rings (SSSR count). The van der Waals surface area contributed by atoms with Gasteiger partial charge < -0.3 is 9.47 Å². The van der Waals surface area contributed by atoms with Crippen LogP contribution in [0.1, 0.15) is 32.1 Å². The second-order valence-electron chi connectivity index (χ2n) is 5.98. The van der Waals surface area contributed by atoms with Gasteiger partial charge in [0.25, 0.3) is 0 Å². The van der Waals surface area contributed by atoms with E-state index in [1.165, 1.54) is 18.4 Å². The Hall–Kier alpha value is -0.870. The van der Waals surface area contributed by atoms with Crippen molar-refractivity contribution in [2.24, 2.45) is 0 Å². The monoisotopic (exact) mass is 249 g/mol. The van der Waals surface area contributed by atoms with Crippen LogP contribution in [0.15, 0.2) is 11.6 Å². The maximum absolute atomic E-state index is 11.7. The molecule has 1 spiro atoms. The van der Waals surface area contributed by atoms with Gasteiger partial charge in [-0.05, 0) is 25.0 Å². The Bertz CT molecular complexity index is 433. The van der Waals surface area contributed by atoms with Crippen molar-refractivity contribution in [2.45, 2.75) is 55.9 Å². The van der Waals surface area contributed by atoms with E-state index in [1.807, 2.05) is 0 Å². The van der Waals surface area contributed by atoms with Crippen molar-refractivity contribution >= 4 is 5.97 Å². The maximum Gasteiger partial charge on any atom is 0.331 e. The van der Waals surface area contributed by atoms with Crippen molar-refractivity contribution in [3.8, 4) is 0 Å². The fourth-order valence-electron chi connectivity index (χ4n) is 4.58. The van der Waals surface area contributed by atoms with Gasteiger partial charge in [-0.3, -0.25) is 4.90 Å². The summed E-state index contributed by atoms with van der Waals surface area (Å²) < 4.78 is 11.4. The van der Waals surface area contributed by atoms with Crippen molar-refractivity contribution in [3.05, 3.63) is 11.6 Å². The molecular formula is C14H19NO3. The molecule has 98 valence electrons. The Kier molecular flexibility index (Phi) is 2.19. The highest BCUT2D eigenvalue weighted by atomic mass is 16.6. The number of carbonyl (C=O) groups is 1. The number of fused-ring (bicyclic) bond motifs is 3. The fourth-order valence-corrected chi connectivity index (χ4v) is 4.58. The van der Waals surface area contributed by atoms with Crippen molar-refractivity contribution in [1.29, 1.82) is 0 Å². The first-order chi connectivity index (χ1) is 8.74. The van der Waals surface area contributed by atoms with Gasteiger partial charge in [-0.15, -0.1) is 0 Å². The van der Waals surface area contributed by atoms with Gasteiger partial charge in [0.2, 0.25) is 0 Å². The van der Waals surface area contributed by atoms with Gasteiger partial charge >= 0.3 is 5.97 Å². The highest BCUT2D eigenvalue weighted by Crippen LogP contribution is 2.54. The predicted octanol–water partition coefficient (Wildman–Crippen LogP) is 1.25. The van der Waals surface area contributed by atoms with Crippen molar-refractivity contribution in [1.82, 2.24) is 4.90 Å². The predicted molar refractivity (Wildman–Crippen MR) is 65.1 cm³/mol. The van der Waals surface area contributed by atoms with E-state index >= 15 is 0 Å². The van der Waals surface area contributed by atoms with Gasteiger partial charge in [0.05, 0.1) is 12.1 Å². The van der Waals surface area contributed by atoms with E-state index in [9.17, 15) is 4.79 Å². The van der Waals surface area contributed by atoms with Crippen LogP contribution in [0.3, 0.4) is 0 Å². The number of esters is 1. The van der Waals surface area contributed by atoms with Gasteiger partial charge in [0, 0.05) is 32.1 Å². The first-order valence-corrected chi connectivity index (χ1v) is 6.97. The Morgan fingerprint density at radius 3 is 3.22 bits per heavy atom. The Balaban J connectivity index is 1.79. The number of ether oxygens (including phenoxy) is 2. The zero-order valence-corrected chi connectivity index (χ0v) is 10.7. The van der Waals surface area contributed by atoms with E-state index in [4.69, 9.17) is 9.47 Å². The van der Waals surface area contributed by atoms with Crippen LogP contribution in [0.5, 0.6) is 0 Å². The van der Waals surface area contributed by atoms with Crippen LogP contribution in [0.2, 0.25) is 0 Å². The second-order valence-corrected chi connectivity index (χ2v) is 5.98. The maximum atomic E-state index is 11.7. The number of nitrogens with zero attached hydrogens (tertiary/aromatic N) is 1. The molecule has 4 atom stereocenters. The number of rotatable bonds is 1. The Morgan fingerprint density at radius 1 is 1.50 bits per heavy atom. The summed E-state index contributed by atoms with van der Waals surface area (Å²) in [4.78, 5) is 14.3. The summed E-state index contributed by atoms with van der Waals surface area (Å²) in [7, 11) is 1.78. The van der Waals surface area contributed by atoms with Gasteiger partial charge in [0.15, 0.2) is 5.60 Å². The molecule has 3 fully saturated rings. The molecule has 4 heteroatoms. The standard InChI is InChI=1S/C14H19NO3/c1-17-11-6-9-7-13(16)18-14(9)8-10(11)15-5-3-2-4-12(14)15/h7,10-12H,2-6,8H2,1H3/t10-,11-,12?,14-/m0/s1. The summed E-state index contributed by atoms with van der Waals surface area (Å²) in [5, 5.41) is 0. The summed E-state index contributed by atoms with van der Waals surface area (Å²) >= 11 is 0. The van der Waals surface area contributed by atoms with Gasteiger partial charge in [0.1, 0.15) is 0 Å². The van der Waals surface area contributed by atoms with Gasteiger partial charge in [-0.1, -0.05) is 6.42 Å². The van der Waals surface area contributed by atoms with E-state index in [0.29, 0.717) is 12.1 Å². The topological polar surface area (TPSA) is 38.8 Å². The zero-order chi connectivity index (χ0) is 12.3. The largest absolute Gasteiger partial charge is 0.450 e. The van der Waals surface area contributed by atoms with Crippen molar-refractivity contribution in [2.75, 3.05) is 13.7 Å². The Morgan fingerprint density at radius 2 is 2.39 bits per heavy atom. The van der Waals surface area contributed by atoms with Gasteiger partial charge in [-0.2, -0.15) is 0 Å². The highest BCUT2D eigenvalue weighted by Gasteiger charge is 2.63. The van der Waals surface area contributed by atoms with E-state index in [1.54, 1.807) is 13.2 Å². The highest BCUT2D eigenvalue weighted by molar-refractivity contribution is 5.87. The lowest BCUT2D eigenvalue weighted by atomic mass is 9.76. The molecule has 0 aromatic carbocycles. The van der Waals surface area contributed by atoms with Crippen molar-refractivity contribution < 1.29 is 14.3 Å². The molecule has 0 radical (unpaired) electrons. The lowest BCUT2D eigenvalue weighted by Gasteiger charge is -2.37. The molecule has 3 aliphatic heterocycles. The lowest BCUT2D eigenvalue weighted by Crippen LogP contribution is -2.48. The van der Waals surface area contributed by atoms with Crippen LogP contribution in [-0.4, -0.2) is 48.3 Å². The van der Waals surface area contributed by atoms with E-state index in [2.05, 4.69) is 4.90 Å². The first kappa shape index (κ1) is 11.0. The smallest absolute Gasteiger partial charge is 0.331 e. The molecule has 3 heterocycles. The molecule has 0 aromatic heterocycles. The minimum atomic E-state index is -0.294. The number of carbonyl (C=O) groups excluding carboxylic acids is 1. The first-order valence-electron chi connectivity index (χ1n) is 6.97. The third-order valence-corrected chi connectivity index (χ3v) is 5.29. The average Bonchev–Trinajstić information content (AvgIpc) is 2.86. The molecule has 0 N–H and O–H groups in total. The van der Waals surface area contributed by atoms with Crippen LogP contribution >= 0.6 is 0 Å². The minimum absolute atomic E-state index is 0.145. The third-order valence-electron chi connectivity index (χ3n) is 5.29. The number of hydrogen-bond donors (Lipinski definition) is 0. The molecule has 0 amide bonds. The summed E-state index contributed by atoms with van der Waals surface area (Å²) in [6.45, 7) is 1.13. The van der Waals surface area contributed by atoms with E-state index in [-0.39, 0.29) is 17.7 Å². The third kappa shape index (κ3) is 1.20. The minimum Gasteiger partial charge on any atom is -0.450 e. The summed E-state index contributed by atoms with van der Waals surface area (Å²) in [5.74, 6) is -0.145. The van der Waals surface area contributed by atoms with Crippen LogP contribution in [0.25, 0.3) is 0 Å². The molecule has 1 aliphatic carbocycles. The quantitative estimate of drug-likeness (QED) is 0.656. The molecule has 1 saturated carbocycles. The van der Waals surface area contributed by atoms with Crippen LogP contribution in [0, 0.1) is 0 Å². The molecule has 2 bridgehead atoms. The van der Waals surface area contributed by atoms with Crippen LogP contribution in [0.4, 0.5) is 0 Å². The molecular weight excluding hydrogens is 230 g/mol. The number of hydrogen-bond acceptors (Lipinski definition) is 4. The normalized spacial score (nSPS) is 46.4. The number of piperidine rings is 1. The molecule has 1 unspecified atom stereocenters. The molecule has 0 aromatic rings. The summed E-state index contributed by atoms with van der Waals surface area (Å²) in [6.07, 6.45) is 7.40. The lowest BCUT2D eigenvalue weighted by molar-refractivity contribution is -0.148. The molecule has 4 aliphatic rings. The van der Waals surface area contributed by atoms with Crippen LogP contribution < -0.4 is 0 Å². The summed E-state index contributed by atoms with van der Waals surface area (Å²) in [5.41, 5.74) is 0.891. The van der Waals surface area contributed by atoms with Crippen LogP contribution in [-0.2, 0) is 14.3 Å². The van der Waals surface area contributed by atoms with E-state index in [0.717, 1.165) is 25.8 Å².